The molecule has 0 radical (unpaired) electrons. The van der Waals surface area contributed by atoms with Crippen LogP contribution in [0.3, 0.4) is 0 Å². The molecule has 0 bridgehead atoms. The van der Waals surface area contributed by atoms with E-state index in [0.717, 1.165) is 6.42 Å². The normalized spacial score (nSPS) is 12.4. The van der Waals surface area contributed by atoms with Crippen LogP contribution in [0.4, 0.5) is 0 Å². The van der Waals surface area contributed by atoms with E-state index in [0.29, 0.717) is 18.4 Å². The molecule has 0 heterocycles. The molecule has 0 spiro atoms. The van der Waals surface area contributed by atoms with Crippen LogP contribution in [0.15, 0.2) is 23.1 Å². The van der Waals surface area contributed by atoms with E-state index in [2.05, 4.69) is 4.72 Å². The molecular weight excluding hydrogens is 290 g/mol. The molecule has 0 aliphatic rings. The van der Waals surface area contributed by atoms with E-state index in [-0.39, 0.29) is 10.5 Å². The van der Waals surface area contributed by atoms with Crippen LogP contribution in [-0.2, 0) is 16.4 Å². The van der Waals surface area contributed by atoms with Crippen molar-refractivity contribution in [3.63, 3.8) is 0 Å². The predicted molar refractivity (Wildman–Crippen MR) is 82.1 cm³/mol. The van der Waals surface area contributed by atoms with Crippen molar-refractivity contribution in [1.29, 1.82) is 0 Å². The smallest absolute Gasteiger partial charge is 0.336 e. The minimum absolute atomic E-state index is 0.0127. The van der Waals surface area contributed by atoms with E-state index in [9.17, 15) is 18.3 Å². The van der Waals surface area contributed by atoms with Crippen LogP contribution in [0.5, 0.6) is 0 Å². The second kappa shape index (κ2) is 6.58. The Kier molecular flexibility index (Phi) is 5.53. The molecule has 6 heteroatoms. The highest BCUT2D eigenvalue weighted by Gasteiger charge is 2.26. The first kappa shape index (κ1) is 17.7. The molecule has 0 saturated carbocycles. The molecule has 2 N–H and O–H groups in total. The highest BCUT2D eigenvalue weighted by Crippen LogP contribution is 2.20. The van der Waals surface area contributed by atoms with Crippen molar-refractivity contribution in [1.82, 2.24) is 4.72 Å². The summed E-state index contributed by atoms with van der Waals surface area (Å²) in [5, 5.41) is 9.19. The second-order valence-electron chi connectivity index (χ2n) is 5.72. The molecule has 118 valence electrons. The molecule has 0 unspecified atom stereocenters. The van der Waals surface area contributed by atoms with Gasteiger partial charge in [-0.05, 0) is 44.4 Å². The number of hydrogen-bond acceptors (Lipinski definition) is 3. The summed E-state index contributed by atoms with van der Waals surface area (Å²) in [4.78, 5) is 11.2. The van der Waals surface area contributed by atoms with Crippen LogP contribution in [0.25, 0.3) is 0 Å². The molecule has 0 aliphatic heterocycles. The zero-order chi connectivity index (χ0) is 16.3. The second-order valence-corrected chi connectivity index (χ2v) is 7.40. The molecule has 0 atom stereocenters. The van der Waals surface area contributed by atoms with Gasteiger partial charge >= 0.3 is 5.97 Å². The minimum Gasteiger partial charge on any atom is -0.478 e. The lowest BCUT2D eigenvalue weighted by molar-refractivity contribution is 0.0695. The first-order chi connectivity index (χ1) is 9.63. The standard InChI is InChI=1S/C15H23NO4S/c1-5-9-15(3,4)16-21(19,20)12-8-7-11(6-2)13(10-12)14(17)18/h7-8,10,16H,5-6,9H2,1-4H3,(H,17,18). The van der Waals surface area contributed by atoms with E-state index >= 15 is 0 Å². The quantitative estimate of drug-likeness (QED) is 0.811. The van der Waals surface area contributed by atoms with Gasteiger partial charge < -0.3 is 5.11 Å². The zero-order valence-electron chi connectivity index (χ0n) is 12.9. The summed E-state index contributed by atoms with van der Waals surface area (Å²) in [5.41, 5.74) is 0.0865. The molecule has 5 nitrogen and oxygen atoms in total. The lowest BCUT2D eigenvalue weighted by atomic mass is 10.0. The van der Waals surface area contributed by atoms with Crippen molar-refractivity contribution in [2.75, 3.05) is 0 Å². The van der Waals surface area contributed by atoms with Crippen molar-refractivity contribution in [3.8, 4) is 0 Å². The summed E-state index contributed by atoms with van der Waals surface area (Å²) in [6, 6.07) is 4.24. The lowest BCUT2D eigenvalue weighted by Crippen LogP contribution is -2.43. The van der Waals surface area contributed by atoms with Gasteiger partial charge in [0.2, 0.25) is 10.0 Å². The monoisotopic (exact) mass is 313 g/mol. The first-order valence-electron chi connectivity index (χ1n) is 7.03. The largest absolute Gasteiger partial charge is 0.478 e. The van der Waals surface area contributed by atoms with E-state index < -0.39 is 21.5 Å². The molecule has 0 fully saturated rings. The van der Waals surface area contributed by atoms with Crippen LogP contribution in [0.1, 0.15) is 56.5 Å². The molecule has 21 heavy (non-hydrogen) atoms. The molecule has 1 aromatic rings. The van der Waals surface area contributed by atoms with E-state index in [4.69, 9.17) is 0 Å². The molecular formula is C15H23NO4S. The van der Waals surface area contributed by atoms with Gasteiger partial charge in [-0.25, -0.2) is 17.9 Å². The van der Waals surface area contributed by atoms with E-state index in [1.165, 1.54) is 12.1 Å². The Bertz CT molecular complexity index is 621. The van der Waals surface area contributed by atoms with Crippen LogP contribution in [0.2, 0.25) is 0 Å². The molecule has 0 saturated heterocycles. The Morgan fingerprint density at radius 2 is 1.90 bits per heavy atom. The van der Waals surface area contributed by atoms with E-state index in [1.807, 2.05) is 27.7 Å². The van der Waals surface area contributed by atoms with Gasteiger partial charge in [0.15, 0.2) is 0 Å². The topological polar surface area (TPSA) is 83.5 Å². The van der Waals surface area contributed by atoms with E-state index in [1.54, 1.807) is 6.07 Å². The molecule has 0 amide bonds. The van der Waals surface area contributed by atoms with Gasteiger partial charge in [-0.15, -0.1) is 0 Å². The molecule has 0 aromatic heterocycles. The average Bonchev–Trinajstić information content (AvgIpc) is 2.36. The van der Waals surface area contributed by atoms with Crippen LogP contribution in [-0.4, -0.2) is 25.0 Å². The number of hydrogen-bond donors (Lipinski definition) is 2. The third-order valence-corrected chi connectivity index (χ3v) is 4.98. The number of carboxylic acids is 1. The maximum Gasteiger partial charge on any atom is 0.336 e. The number of rotatable bonds is 7. The number of carbonyl (C=O) groups is 1. The van der Waals surface area contributed by atoms with Gasteiger partial charge in [0.05, 0.1) is 10.5 Å². The van der Waals surface area contributed by atoms with Crippen LogP contribution < -0.4 is 4.72 Å². The van der Waals surface area contributed by atoms with Crippen molar-refractivity contribution in [2.45, 2.75) is 57.4 Å². The number of benzene rings is 1. The molecule has 1 aromatic carbocycles. The van der Waals surface area contributed by atoms with Crippen molar-refractivity contribution in [2.24, 2.45) is 0 Å². The fourth-order valence-corrected chi connectivity index (χ4v) is 3.80. The Morgan fingerprint density at radius 1 is 1.29 bits per heavy atom. The first-order valence-corrected chi connectivity index (χ1v) is 8.51. The lowest BCUT2D eigenvalue weighted by Gasteiger charge is -2.25. The SMILES string of the molecule is CCCC(C)(C)NS(=O)(=O)c1ccc(CC)c(C(=O)O)c1. The maximum atomic E-state index is 12.4. The van der Waals surface area contributed by atoms with Gasteiger partial charge in [-0.1, -0.05) is 26.3 Å². The van der Waals surface area contributed by atoms with Crippen molar-refractivity contribution < 1.29 is 18.3 Å². The number of aromatic carboxylic acids is 1. The number of nitrogens with one attached hydrogen (secondary N) is 1. The Morgan fingerprint density at radius 3 is 2.38 bits per heavy atom. The third kappa shape index (κ3) is 4.54. The minimum atomic E-state index is -3.73. The zero-order valence-corrected chi connectivity index (χ0v) is 13.8. The number of carboxylic acid groups (broad SMARTS) is 1. The summed E-state index contributed by atoms with van der Waals surface area (Å²) < 4.78 is 27.4. The summed E-state index contributed by atoms with van der Waals surface area (Å²) in [7, 11) is -3.73. The third-order valence-electron chi connectivity index (χ3n) is 3.29. The Hall–Kier alpha value is -1.40. The predicted octanol–water partition coefficient (Wildman–Crippen LogP) is 2.80. The number of aryl methyl sites for hydroxylation is 1. The van der Waals surface area contributed by atoms with Gasteiger partial charge in [-0.3, -0.25) is 0 Å². The van der Waals surface area contributed by atoms with Crippen molar-refractivity contribution >= 4 is 16.0 Å². The summed E-state index contributed by atoms with van der Waals surface area (Å²) in [5.74, 6) is -1.11. The van der Waals surface area contributed by atoms with Gasteiger partial charge in [0.25, 0.3) is 0 Å². The Labute approximate surface area is 126 Å². The molecule has 0 aliphatic carbocycles. The van der Waals surface area contributed by atoms with Gasteiger partial charge in [0, 0.05) is 5.54 Å². The fraction of sp³-hybridized carbons (Fsp3) is 0.533. The fourth-order valence-electron chi connectivity index (χ4n) is 2.33. The van der Waals surface area contributed by atoms with Crippen molar-refractivity contribution in [3.05, 3.63) is 29.3 Å². The maximum absolute atomic E-state index is 12.4. The number of sulfonamides is 1. The van der Waals surface area contributed by atoms with Gasteiger partial charge in [0.1, 0.15) is 0 Å². The summed E-state index contributed by atoms with van der Waals surface area (Å²) in [6.07, 6.45) is 2.09. The van der Waals surface area contributed by atoms with Crippen LogP contribution in [0, 0.1) is 0 Å². The highest BCUT2D eigenvalue weighted by molar-refractivity contribution is 7.89. The Balaban J connectivity index is 3.21. The average molecular weight is 313 g/mol. The summed E-state index contributed by atoms with van der Waals surface area (Å²) >= 11 is 0. The summed E-state index contributed by atoms with van der Waals surface area (Å²) in [6.45, 7) is 7.44. The highest BCUT2D eigenvalue weighted by atomic mass is 32.2. The molecule has 1 rings (SSSR count). The van der Waals surface area contributed by atoms with Crippen LogP contribution >= 0.6 is 0 Å². The van der Waals surface area contributed by atoms with Gasteiger partial charge in [-0.2, -0.15) is 0 Å².